The quantitative estimate of drug-likeness (QED) is 0.519. The van der Waals surface area contributed by atoms with Crippen molar-refractivity contribution in [2.24, 2.45) is 0 Å². The van der Waals surface area contributed by atoms with Crippen LogP contribution in [0.1, 0.15) is 65.8 Å². The van der Waals surface area contributed by atoms with E-state index in [1.54, 1.807) is 0 Å². The first-order valence-electron chi connectivity index (χ1n) is 8.98. The molecule has 3 unspecified atom stereocenters. The summed E-state index contributed by atoms with van der Waals surface area (Å²) in [6.45, 7) is 4.69. The van der Waals surface area contributed by atoms with Gasteiger partial charge in [0, 0.05) is 11.8 Å². The number of hydrogen-bond donors (Lipinski definition) is 0. The van der Waals surface area contributed by atoms with E-state index in [4.69, 9.17) is 0 Å². The molecule has 3 aromatic carbocycles. The van der Waals surface area contributed by atoms with Crippen molar-refractivity contribution < 1.29 is 0 Å². The van der Waals surface area contributed by atoms with Gasteiger partial charge in [-0.15, -0.1) is 0 Å². The van der Waals surface area contributed by atoms with Crippen molar-refractivity contribution >= 4 is 0 Å². The molecule has 0 radical (unpaired) electrons. The van der Waals surface area contributed by atoms with Gasteiger partial charge < -0.3 is 0 Å². The van der Waals surface area contributed by atoms with Crippen molar-refractivity contribution in [1.82, 2.24) is 0 Å². The maximum atomic E-state index is 2.36. The van der Waals surface area contributed by atoms with Gasteiger partial charge in [-0.25, -0.2) is 0 Å². The molecule has 4 rings (SSSR count). The van der Waals surface area contributed by atoms with E-state index in [0.29, 0.717) is 17.8 Å². The first kappa shape index (κ1) is 15.2. The van der Waals surface area contributed by atoms with E-state index < -0.39 is 0 Å². The smallest absolute Gasteiger partial charge is 0.0101 e. The fourth-order valence-electron chi connectivity index (χ4n) is 4.32. The summed E-state index contributed by atoms with van der Waals surface area (Å²) in [6.07, 6.45) is 1.22. The zero-order valence-electron chi connectivity index (χ0n) is 14.4. The van der Waals surface area contributed by atoms with Crippen LogP contribution in [-0.4, -0.2) is 0 Å². The molecule has 24 heavy (non-hydrogen) atoms. The van der Waals surface area contributed by atoms with E-state index >= 15 is 0 Å². The SMILES string of the molecule is CC1CC(c2ccccc2C(C)c2ccccc2)c2ccccc21. The second-order valence-corrected chi connectivity index (χ2v) is 7.08. The molecule has 0 heterocycles. The fraction of sp³-hybridized carbons (Fsp3) is 0.250. The summed E-state index contributed by atoms with van der Waals surface area (Å²) in [4.78, 5) is 0. The molecule has 1 aliphatic carbocycles. The topological polar surface area (TPSA) is 0 Å². The van der Waals surface area contributed by atoms with Gasteiger partial charge in [0.2, 0.25) is 0 Å². The van der Waals surface area contributed by atoms with Crippen LogP contribution >= 0.6 is 0 Å². The molecule has 120 valence electrons. The molecule has 0 nitrogen and oxygen atoms in total. The van der Waals surface area contributed by atoms with Gasteiger partial charge in [0.05, 0.1) is 0 Å². The van der Waals surface area contributed by atoms with E-state index in [-0.39, 0.29) is 0 Å². The monoisotopic (exact) mass is 312 g/mol. The second-order valence-electron chi connectivity index (χ2n) is 7.08. The van der Waals surface area contributed by atoms with Crippen molar-refractivity contribution in [2.75, 3.05) is 0 Å². The van der Waals surface area contributed by atoms with Crippen molar-refractivity contribution in [3.8, 4) is 0 Å². The van der Waals surface area contributed by atoms with Crippen molar-refractivity contribution in [3.05, 3.63) is 107 Å². The van der Waals surface area contributed by atoms with Crippen molar-refractivity contribution in [2.45, 2.75) is 38.0 Å². The summed E-state index contributed by atoms with van der Waals surface area (Å²) in [7, 11) is 0. The van der Waals surface area contributed by atoms with E-state index in [1.807, 2.05) is 0 Å². The number of rotatable bonds is 3. The van der Waals surface area contributed by atoms with Crippen LogP contribution in [0.15, 0.2) is 78.9 Å². The Morgan fingerprint density at radius 1 is 0.708 bits per heavy atom. The highest BCUT2D eigenvalue weighted by Gasteiger charge is 2.30. The van der Waals surface area contributed by atoms with Crippen LogP contribution in [0.3, 0.4) is 0 Å². The first-order chi connectivity index (χ1) is 11.8. The molecule has 0 amide bonds. The van der Waals surface area contributed by atoms with Crippen LogP contribution in [0.2, 0.25) is 0 Å². The predicted octanol–water partition coefficient (Wildman–Crippen LogP) is 6.48. The van der Waals surface area contributed by atoms with Gasteiger partial charge in [-0.2, -0.15) is 0 Å². The van der Waals surface area contributed by atoms with Gasteiger partial charge >= 0.3 is 0 Å². The summed E-state index contributed by atoms with van der Waals surface area (Å²) >= 11 is 0. The van der Waals surface area contributed by atoms with E-state index in [1.165, 1.54) is 34.2 Å². The summed E-state index contributed by atoms with van der Waals surface area (Å²) < 4.78 is 0. The van der Waals surface area contributed by atoms with Gasteiger partial charge in [0.1, 0.15) is 0 Å². The van der Waals surface area contributed by atoms with Crippen LogP contribution in [0.4, 0.5) is 0 Å². The Bertz CT molecular complexity index is 831. The summed E-state index contributed by atoms with van der Waals surface area (Å²) in [6, 6.07) is 28.9. The standard InChI is InChI=1S/C24H24/c1-17-16-24(22-14-8-6-12-20(17)22)23-15-9-7-13-21(23)18(2)19-10-4-3-5-11-19/h3-15,17-18,24H,16H2,1-2H3. The third-order valence-electron chi connectivity index (χ3n) is 5.63. The molecule has 0 bridgehead atoms. The minimum Gasteiger partial charge on any atom is -0.0622 e. The van der Waals surface area contributed by atoms with Crippen molar-refractivity contribution in [1.29, 1.82) is 0 Å². The van der Waals surface area contributed by atoms with Gasteiger partial charge in [-0.3, -0.25) is 0 Å². The summed E-state index contributed by atoms with van der Waals surface area (Å²) in [5, 5.41) is 0. The Kier molecular flexibility index (Phi) is 3.98. The average Bonchev–Trinajstić information content (AvgIpc) is 2.99. The van der Waals surface area contributed by atoms with Gasteiger partial charge in [0.25, 0.3) is 0 Å². The fourth-order valence-corrected chi connectivity index (χ4v) is 4.32. The highest BCUT2D eigenvalue weighted by atomic mass is 14.3. The molecule has 0 aromatic heterocycles. The minimum atomic E-state index is 0.422. The maximum absolute atomic E-state index is 2.36. The maximum Gasteiger partial charge on any atom is 0.0101 e. The highest BCUT2D eigenvalue weighted by Crippen LogP contribution is 2.47. The van der Waals surface area contributed by atoms with E-state index in [9.17, 15) is 0 Å². The molecule has 0 aliphatic heterocycles. The Morgan fingerprint density at radius 2 is 1.29 bits per heavy atom. The largest absolute Gasteiger partial charge is 0.0622 e. The Labute approximate surface area is 145 Å². The molecule has 0 N–H and O–H groups in total. The van der Waals surface area contributed by atoms with Gasteiger partial charge in [-0.1, -0.05) is 92.7 Å². The average molecular weight is 312 g/mol. The first-order valence-corrected chi connectivity index (χ1v) is 8.98. The molecular weight excluding hydrogens is 288 g/mol. The van der Waals surface area contributed by atoms with Crippen molar-refractivity contribution in [3.63, 3.8) is 0 Å². The normalized spacial score (nSPS) is 20.6. The zero-order valence-corrected chi connectivity index (χ0v) is 14.4. The number of hydrogen-bond acceptors (Lipinski definition) is 0. The van der Waals surface area contributed by atoms with Crippen LogP contribution in [0, 0.1) is 0 Å². The van der Waals surface area contributed by atoms with E-state index in [0.717, 1.165) is 0 Å². The highest BCUT2D eigenvalue weighted by molar-refractivity contribution is 5.49. The van der Waals surface area contributed by atoms with Crippen LogP contribution in [0.5, 0.6) is 0 Å². The predicted molar refractivity (Wildman–Crippen MR) is 102 cm³/mol. The lowest BCUT2D eigenvalue weighted by atomic mass is 9.82. The van der Waals surface area contributed by atoms with Gasteiger partial charge in [0.15, 0.2) is 0 Å². The third-order valence-corrected chi connectivity index (χ3v) is 5.63. The minimum absolute atomic E-state index is 0.422. The zero-order chi connectivity index (χ0) is 16.5. The molecule has 0 saturated heterocycles. The number of fused-ring (bicyclic) bond motifs is 1. The van der Waals surface area contributed by atoms with Crippen LogP contribution in [-0.2, 0) is 0 Å². The molecule has 0 spiro atoms. The van der Waals surface area contributed by atoms with Crippen LogP contribution < -0.4 is 0 Å². The Hall–Kier alpha value is -2.34. The molecular formula is C24H24. The summed E-state index contributed by atoms with van der Waals surface area (Å²) in [5.41, 5.74) is 7.43. The van der Waals surface area contributed by atoms with E-state index in [2.05, 4.69) is 92.7 Å². The van der Waals surface area contributed by atoms with Crippen LogP contribution in [0.25, 0.3) is 0 Å². The molecule has 0 fully saturated rings. The lowest BCUT2D eigenvalue weighted by molar-refractivity contribution is 0.678. The molecule has 3 atom stereocenters. The second kappa shape index (κ2) is 6.28. The molecule has 3 aromatic rings. The lowest BCUT2D eigenvalue weighted by Gasteiger charge is -2.22. The number of benzene rings is 3. The Balaban J connectivity index is 1.79. The van der Waals surface area contributed by atoms with Gasteiger partial charge in [-0.05, 0) is 40.2 Å². The molecule has 0 heteroatoms. The molecule has 0 saturated carbocycles. The molecule has 1 aliphatic rings. The lowest BCUT2D eigenvalue weighted by Crippen LogP contribution is -2.05. The third kappa shape index (κ3) is 2.57. The summed E-state index contributed by atoms with van der Waals surface area (Å²) in [5.74, 6) is 1.59. The Morgan fingerprint density at radius 3 is 2.04 bits per heavy atom.